The van der Waals surface area contributed by atoms with Crippen LogP contribution < -0.4 is 10.2 Å². The third kappa shape index (κ3) is 2.95. The number of aromatic nitrogens is 1. The van der Waals surface area contributed by atoms with E-state index in [2.05, 4.69) is 27.3 Å². The van der Waals surface area contributed by atoms with Crippen LogP contribution >= 0.6 is 0 Å². The lowest BCUT2D eigenvalue weighted by molar-refractivity contribution is 0.102. The van der Waals surface area contributed by atoms with Crippen LogP contribution in [0.15, 0.2) is 60.8 Å². The predicted octanol–water partition coefficient (Wildman–Crippen LogP) is 4.09. The summed E-state index contributed by atoms with van der Waals surface area (Å²) < 4.78 is 0. The van der Waals surface area contributed by atoms with Crippen molar-refractivity contribution in [2.45, 2.75) is 12.8 Å². The lowest BCUT2D eigenvalue weighted by Crippen LogP contribution is -2.17. The normalized spacial score (nSPS) is 14.1. The van der Waals surface area contributed by atoms with Gasteiger partial charge in [-0.3, -0.25) is 9.78 Å². The Kier molecular flexibility index (Phi) is 3.87. The Morgan fingerprint density at radius 1 is 1.00 bits per heavy atom. The smallest absolute Gasteiger partial charge is 0.257 e. The number of rotatable bonds is 3. The molecule has 1 N–H and O–H groups in total. The molecule has 1 fully saturated rings. The quantitative estimate of drug-likeness (QED) is 0.791. The Bertz CT molecular complexity index is 867. The minimum Gasteiger partial charge on any atom is -0.372 e. The average molecular weight is 317 g/mol. The highest BCUT2D eigenvalue weighted by atomic mass is 16.1. The fraction of sp³-hybridized carbons (Fsp3) is 0.200. The molecule has 4 heteroatoms. The van der Waals surface area contributed by atoms with Gasteiger partial charge in [0.15, 0.2) is 0 Å². The van der Waals surface area contributed by atoms with Gasteiger partial charge < -0.3 is 10.2 Å². The van der Waals surface area contributed by atoms with Crippen LogP contribution in [0.3, 0.4) is 0 Å². The van der Waals surface area contributed by atoms with Gasteiger partial charge in [-0.15, -0.1) is 0 Å². The summed E-state index contributed by atoms with van der Waals surface area (Å²) in [5.74, 6) is -0.137. The van der Waals surface area contributed by atoms with Crippen LogP contribution in [0.5, 0.6) is 0 Å². The summed E-state index contributed by atoms with van der Waals surface area (Å²) in [6.45, 7) is 2.24. The number of nitrogens with zero attached hydrogens (tertiary/aromatic N) is 2. The third-order valence-corrected chi connectivity index (χ3v) is 4.45. The molecular weight excluding hydrogens is 298 g/mol. The Morgan fingerprint density at radius 2 is 1.75 bits per heavy atom. The number of amides is 1. The first-order valence-corrected chi connectivity index (χ1v) is 8.31. The Morgan fingerprint density at radius 3 is 2.54 bits per heavy atom. The number of pyridine rings is 1. The molecule has 1 aromatic heterocycles. The molecular formula is C20H19N3O. The molecule has 0 bridgehead atoms. The van der Waals surface area contributed by atoms with Crippen molar-refractivity contribution in [1.82, 2.24) is 4.98 Å². The van der Waals surface area contributed by atoms with Crippen LogP contribution in [0.4, 0.5) is 11.4 Å². The molecule has 0 unspecified atom stereocenters. The summed E-state index contributed by atoms with van der Waals surface area (Å²) in [6.07, 6.45) is 4.14. The van der Waals surface area contributed by atoms with Gasteiger partial charge in [0.25, 0.3) is 5.91 Å². The highest BCUT2D eigenvalue weighted by molar-refractivity contribution is 6.05. The first kappa shape index (κ1) is 14.7. The third-order valence-electron chi connectivity index (χ3n) is 4.45. The summed E-state index contributed by atoms with van der Waals surface area (Å²) in [5, 5.41) is 3.91. The maximum Gasteiger partial charge on any atom is 0.257 e. The molecule has 0 radical (unpaired) electrons. The van der Waals surface area contributed by atoms with Crippen LogP contribution in [0.2, 0.25) is 0 Å². The van der Waals surface area contributed by atoms with E-state index < -0.39 is 0 Å². The van der Waals surface area contributed by atoms with Crippen LogP contribution in [0, 0.1) is 0 Å². The van der Waals surface area contributed by atoms with Gasteiger partial charge >= 0.3 is 0 Å². The second kappa shape index (κ2) is 6.32. The van der Waals surface area contributed by atoms with E-state index in [0.29, 0.717) is 5.56 Å². The van der Waals surface area contributed by atoms with Gasteiger partial charge in [0.1, 0.15) is 0 Å². The number of nitrogens with one attached hydrogen (secondary N) is 1. The molecule has 1 aliphatic rings. The first-order chi connectivity index (χ1) is 11.8. The highest BCUT2D eigenvalue weighted by Gasteiger charge is 2.12. The standard InChI is InChI=1S/C20H19N3O/c24-20(16-13-15-5-1-2-6-19(15)21-14-16)22-17-7-9-18(10-8-17)23-11-3-4-12-23/h1-2,5-10,13-14H,3-4,11-12H2,(H,22,24). The number of carbonyl (C=O) groups is 1. The molecule has 4 rings (SSSR count). The second-order valence-corrected chi connectivity index (χ2v) is 6.11. The van der Waals surface area contributed by atoms with Crippen LogP contribution in [0.1, 0.15) is 23.2 Å². The van der Waals surface area contributed by atoms with E-state index >= 15 is 0 Å². The predicted molar refractivity (Wildman–Crippen MR) is 97.6 cm³/mol. The zero-order chi connectivity index (χ0) is 16.4. The van der Waals surface area contributed by atoms with Crippen molar-refractivity contribution in [3.05, 3.63) is 66.4 Å². The largest absolute Gasteiger partial charge is 0.372 e. The van der Waals surface area contributed by atoms with E-state index in [1.54, 1.807) is 6.20 Å². The monoisotopic (exact) mass is 317 g/mol. The fourth-order valence-electron chi connectivity index (χ4n) is 3.13. The maximum atomic E-state index is 12.4. The van der Waals surface area contributed by atoms with Gasteiger partial charge in [0, 0.05) is 36.0 Å². The lowest BCUT2D eigenvalue weighted by atomic mass is 10.1. The SMILES string of the molecule is O=C(Nc1ccc(N2CCCC2)cc1)c1cnc2ccccc2c1. The molecule has 4 nitrogen and oxygen atoms in total. The van der Waals surface area contributed by atoms with Gasteiger partial charge in [-0.2, -0.15) is 0 Å². The zero-order valence-electron chi connectivity index (χ0n) is 13.4. The summed E-state index contributed by atoms with van der Waals surface area (Å²) >= 11 is 0. The minimum atomic E-state index is -0.137. The molecule has 2 heterocycles. The topological polar surface area (TPSA) is 45.2 Å². The van der Waals surface area contributed by atoms with Crippen LogP contribution in [0.25, 0.3) is 10.9 Å². The van der Waals surface area contributed by atoms with E-state index in [1.807, 2.05) is 42.5 Å². The highest BCUT2D eigenvalue weighted by Crippen LogP contribution is 2.22. The maximum absolute atomic E-state index is 12.4. The number of para-hydroxylation sites is 1. The molecule has 0 saturated carbocycles. The van der Waals surface area contributed by atoms with E-state index in [-0.39, 0.29) is 5.91 Å². The van der Waals surface area contributed by atoms with Crippen molar-refractivity contribution in [3.63, 3.8) is 0 Å². The van der Waals surface area contributed by atoms with Crippen molar-refractivity contribution < 1.29 is 4.79 Å². The Balaban J connectivity index is 1.50. The summed E-state index contributed by atoms with van der Waals surface area (Å²) in [5.41, 5.74) is 3.48. The van der Waals surface area contributed by atoms with E-state index in [9.17, 15) is 4.79 Å². The summed E-state index contributed by atoms with van der Waals surface area (Å²) in [6, 6.07) is 17.7. The van der Waals surface area contributed by atoms with Crippen LogP contribution in [-0.4, -0.2) is 24.0 Å². The molecule has 2 aromatic carbocycles. The van der Waals surface area contributed by atoms with Gasteiger partial charge in [-0.25, -0.2) is 0 Å². The number of benzene rings is 2. The van der Waals surface area contributed by atoms with E-state index in [4.69, 9.17) is 0 Å². The average Bonchev–Trinajstić information content (AvgIpc) is 3.16. The number of hydrogen-bond acceptors (Lipinski definition) is 3. The Hall–Kier alpha value is -2.88. The molecule has 1 aliphatic heterocycles. The van der Waals surface area contributed by atoms with E-state index in [1.165, 1.54) is 18.5 Å². The summed E-state index contributed by atoms with van der Waals surface area (Å²) in [4.78, 5) is 19.2. The van der Waals surface area contributed by atoms with Crippen molar-refractivity contribution in [1.29, 1.82) is 0 Å². The second-order valence-electron chi connectivity index (χ2n) is 6.11. The Labute approximate surface area is 141 Å². The van der Waals surface area contributed by atoms with Gasteiger partial charge in [0.05, 0.1) is 11.1 Å². The molecule has 1 amide bonds. The number of fused-ring (bicyclic) bond motifs is 1. The molecule has 0 atom stereocenters. The van der Waals surface area contributed by atoms with Gasteiger partial charge in [-0.1, -0.05) is 18.2 Å². The number of anilines is 2. The van der Waals surface area contributed by atoms with E-state index in [0.717, 1.165) is 29.7 Å². The number of carbonyl (C=O) groups excluding carboxylic acids is 1. The first-order valence-electron chi connectivity index (χ1n) is 8.31. The van der Waals surface area contributed by atoms with Gasteiger partial charge in [0.2, 0.25) is 0 Å². The lowest BCUT2D eigenvalue weighted by Gasteiger charge is -2.17. The van der Waals surface area contributed by atoms with Crippen molar-refractivity contribution >= 4 is 28.2 Å². The molecule has 3 aromatic rings. The molecule has 24 heavy (non-hydrogen) atoms. The van der Waals surface area contributed by atoms with Gasteiger partial charge in [-0.05, 0) is 49.2 Å². The number of hydrogen-bond donors (Lipinski definition) is 1. The zero-order valence-corrected chi connectivity index (χ0v) is 13.4. The molecule has 1 saturated heterocycles. The summed E-state index contributed by atoms with van der Waals surface area (Å²) in [7, 11) is 0. The van der Waals surface area contributed by atoms with Crippen molar-refractivity contribution in [3.8, 4) is 0 Å². The van der Waals surface area contributed by atoms with Crippen molar-refractivity contribution in [2.75, 3.05) is 23.3 Å². The minimum absolute atomic E-state index is 0.137. The molecule has 0 aliphatic carbocycles. The fourth-order valence-corrected chi connectivity index (χ4v) is 3.13. The van der Waals surface area contributed by atoms with Crippen molar-refractivity contribution in [2.24, 2.45) is 0 Å². The molecule has 0 spiro atoms. The molecule has 120 valence electrons. The van der Waals surface area contributed by atoms with Crippen LogP contribution in [-0.2, 0) is 0 Å².